The zero-order valence-corrected chi connectivity index (χ0v) is 25.0. The average Bonchev–Trinajstić information content (AvgIpc) is 3.52. The first-order valence-corrected chi connectivity index (χ1v) is 14.6. The monoisotopic (exact) mass is 608 g/mol. The van der Waals surface area contributed by atoms with E-state index in [9.17, 15) is 19.4 Å². The number of nitrogens with zero attached hydrogens (tertiary/aromatic N) is 2. The highest BCUT2D eigenvalue weighted by molar-refractivity contribution is 5.82. The Labute approximate surface area is 255 Å². The quantitative estimate of drug-likeness (QED) is 0.398. The summed E-state index contributed by atoms with van der Waals surface area (Å²) in [7, 11) is 4.57. The van der Waals surface area contributed by atoms with Crippen LogP contribution in [0.15, 0.2) is 48.5 Å². The summed E-state index contributed by atoms with van der Waals surface area (Å²) in [6, 6.07) is 13.9. The lowest BCUT2D eigenvalue weighted by Gasteiger charge is -2.44. The summed E-state index contributed by atoms with van der Waals surface area (Å²) < 4.78 is 42.4. The van der Waals surface area contributed by atoms with Crippen molar-refractivity contribution in [2.75, 3.05) is 60.9 Å². The van der Waals surface area contributed by atoms with Crippen molar-refractivity contribution in [1.82, 2.24) is 9.80 Å². The summed E-state index contributed by atoms with van der Waals surface area (Å²) in [5.41, 5.74) is 2.56. The first kappa shape index (κ1) is 30.0. The maximum atomic E-state index is 14.5. The molecule has 2 aliphatic heterocycles. The Balaban J connectivity index is 1.38. The Morgan fingerprint density at radius 3 is 2.16 bits per heavy atom. The van der Waals surface area contributed by atoms with Gasteiger partial charge in [0.2, 0.25) is 18.4 Å². The number of carbonyl (C=O) groups excluding carboxylic acids is 1. The van der Waals surface area contributed by atoms with Crippen molar-refractivity contribution in [1.29, 1.82) is 0 Å². The van der Waals surface area contributed by atoms with E-state index in [2.05, 4.69) is 4.90 Å². The number of aliphatic hydroxyl groups excluding tert-OH is 2. The number of benzene rings is 3. The summed E-state index contributed by atoms with van der Waals surface area (Å²) in [6.45, 7) is 2.05. The van der Waals surface area contributed by atoms with Crippen molar-refractivity contribution < 1.29 is 43.1 Å². The Morgan fingerprint density at radius 1 is 0.932 bits per heavy atom. The molecule has 4 atom stereocenters. The highest BCUT2D eigenvalue weighted by Crippen LogP contribution is 2.54. The minimum absolute atomic E-state index is 0.0477. The lowest BCUT2D eigenvalue weighted by Crippen LogP contribution is -2.53. The van der Waals surface area contributed by atoms with E-state index in [0.29, 0.717) is 83.7 Å². The second-order valence-electron chi connectivity index (χ2n) is 11.3. The first-order valence-electron chi connectivity index (χ1n) is 14.6. The fourth-order valence-electron chi connectivity index (χ4n) is 6.78. The van der Waals surface area contributed by atoms with Crippen LogP contribution in [0, 0.1) is 17.7 Å². The molecular weight excluding hydrogens is 571 g/mol. The highest BCUT2D eigenvalue weighted by atomic mass is 19.1. The summed E-state index contributed by atoms with van der Waals surface area (Å²) in [5, 5.41) is 22.3. The number of aliphatic hydroxyl groups is 2. The number of rotatable bonds is 8. The molecule has 0 aromatic heterocycles. The molecule has 0 radical (unpaired) electrons. The van der Waals surface area contributed by atoms with Crippen molar-refractivity contribution in [2.24, 2.45) is 11.8 Å². The van der Waals surface area contributed by atoms with E-state index in [4.69, 9.17) is 23.7 Å². The van der Waals surface area contributed by atoms with E-state index in [-0.39, 0.29) is 18.5 Å². The molecule has 1 saturated heterocycles. The number of ether oxygens (including phenoxy) is 5. The van der Waals surface area contributed by atoms with Crippen LogP contribution in [0.1, 0.15) is 34.3 Å². The van der Waals surface area contributed by atoms with E-state index in [0.717, 1.165) is 0 Å². The minimum atomic E-state index is -1.13. The van der Waals surface area contributed by atoms with Crippen LogP contribution >= 0.6 is 0 Å². The van der Waals surface area contributed by atoms with E-state index < -0.39 is 30.5 Å². The number of halogens is 1. The molecule has 6 rings (SSSR count). The minimum Gasteiger partial charge on any atom is -0.493 e. The van der Waals surface area contributed by atoms with Gasteiger partial charge in [-0.25, -0.2) is 4.39 Å². The van der Waals surface area contributed by atoms with Gasteiger partial charge in [-0.15, -0.1) is 0 Å². The molecule has 44 heavy (non-hydrogen) atoms. The Kier molecular flexibility index (Phi) is 8.53. The van der Waals surface area contributed by atoms with Gasteiger partial charge in [-0.2, -0.15) is 0 Å². The van der Waals surface area contributed by atoms with Crippen LogP contribution in [0.2, 0.25) is 0 Å². The molecule has 2 heterocycles. The van der Waals surface area contributed by atoms with Crippen LogP contribution in [0.25, 0.3) is 0 Å². The van der Waals surface area contributed by atoms with Gasteiger partial charge in [0, 0.05) is 56.7 Å². The molecule has 10 nitrogen and oxygen atoms in total. The lowest BCUT2D eigenvalue weighted by molar-refractivity contribution is -0.144. The van der Waals surface area contributed by atoms with Crippen molar-refractivity contribution in [3.8, 4) is 28.7 Å². The smallest absolute Gasteiger partial charge is 0.231 e. The SMILES string of the molecule is COc1cc([C@@H]2c3cc4c(cc3[C@H](O)[C@@H](CO)[C@@H]2C(=O)N2CCN(Cc3ccccc3F)CC2)OCO4)cc(OC)c1OC. The maximum Gasteiger partial charge on any atom is 0.231 e. The molecule has 1 amide bonds. The van der Waals surface area contributed by atoms with Crippen molar-refractivity contribution in [3.05, 3.63) is 76.6 Å². The molecule has 0 unspecified atom stereocenters. The topological polar surface area (TPSA) is 110 Å². The molecule has 1 aliphatic carbocycles. The van der Waals surface area contributed by atoms with Gasteiger partial charge >= 0.3 is 0 Å². The zero-order valence-electron chi connectivity index (χ0n) is 25.0. The van der Waals surface area contributed by atoms with E-state index in [1.165, 1.54) is 27.4 Å². The van der Waals surface area contributed by atoms with Gasteiger partial charge in [-0.3, -0.25) is 9.69 Å². The van der Waals surface area contributed by atoms with E-state index >= 15 is 0 Å². The van der Waals surface area contributed by atoms with Gasteiger partial charge in [0.05, 0.1) is 33.4 Å². The fourth-order valence-corrected chi connectivity index (χ4v) is 6.78. The van der Waals surface area contributed by atoms with Crippen LogP contribution in [0.5, 0.6) is 28.7 Å². The van der Waals surface area contributed by atoms with Crippen LogP contribution in [0.3, 0.4) is 0 Å². The molecule has 3 aromatic rings. The number of amides is 1. The zero-order chi connectivity index (χ0) is 31.0. The Morgan fingerprint density at radius 2 is 1.57 bits per heavy atom. The second-order valence-corrected chi connectivity index (χ2v) is 11.3. The number of methoxy groups -OCH3 is 3. The fraction of sp³-hybridized carbons (Fsp3) is 0.424. The molecule has 0 bridgehead atoms. The van der Waals surface area contributed by atoms with Crippen LogP contribution < -0.4 is 23.7 Å². The summed E-state index contributed by atoms with van der Waals surface area (Å²) >= 11 is 0. The standard InChI is InChI=1S/C33H37FN2O8/c1-40-27-12-20(13-28(41-2)32(27)42-3)29-21-14-25-26(44-18-43-25)15-22(21)31(38)23(17-37)30(29)33(39)36-10-8-35(9-11-36)16-19-6-4-5-7-24(19)34/h4-7,12-15,23,29-31,37-38H,8-11,16-18H2,1-3H3/t23-,29+,30-,31-/m0/s1. The number of fused-ring (bicyclic) bond motifs is 2. The summed E-state index contributed by atoms with van der Waals surface area (Å²) in [6.07, 6.45) is -1.13. The number of carbonyl (C=O) groups is 1. The van der Waals surface area contributed by atoms with Crippen molar-refractivity contribution in [2.45, 2.75) is 18.6 Å². The predicted octanol–water partition coefficient (Wildman–Crippen LogP) is 3.33. The molecular formula is C33H37FN2O8. The van der Waals surface area contributed by atoms with Gasteiger partial charge in [-0.1, -0.05) is 18.2 Å². The maximum absolute atomic E-state index is 14.5. The van der Waals surface area contributed by atoms with E-state index in [1.807, 2.05) is 12.1 Å². The molecule has 234 valence electrons. The third-order valence-corrected chi connectivity index (χ3v) is 9.04. The number of hydrogen-bond donors (Lipinski definition) is 2. The molecule has 11 heteroatoms. The molecule has 3 aromatic carbocycles. The largest absolute Gasteiger partial charge is 0.493 e. The van der Waals surface area contributed by atoms with Gasteiger partial charge in [0.25, 0.3) is 0 Å². The Bertz CT molecular complexity index is 1500. The summed E-state index contributed by atoms with van der Waals surface area (Å²) in [4.78, 5) is 18.4. The second kappa shape index (κ2) is 12.5. The van der Waals surface area contributed by atoms with Gasteiger partial charge in [-0.05, 0) is 47.0 Å². The third kappa shape index (κ3) is 5.29. The molecule has 3 aliphatic rings. The van der Waals surface area contributed by atoms with Crippen molar-refractivity contribution >= 4 is 5.91 Å². The normalized spacial score (nSPS) is 22.8. The molecule has 2 N–H and O–H groups in total. The third-order valence-electron chi connectivity index (χ3n) is 9.04. The van der Waals surface area contributed by atoms with Crippen molar-refractivity contribution in [3.63, 3.8) is 0 Å². The predicted molar refractivity (Wildman–Crippen MR) is 158 cm³/mol. The van der Waals surface area contributed by atoms with Crippen LogP contribution in [-0.4, -0.2) is 86.8 Å². The van der Waals surface area contributed by atoms with E-state index in [1.54, 1.807) is 35.2 Å². The number of piperazine rings is 1. The lowest BCUT2D eigenvalue weighted by atomic mass is 9.64. The highest BCUT2D eigenvalue weighted by Gasteiger charge is 2.49. The molecule has 1 fully saturated rings. The van der Waals surface area contributed by atoms with Gasteiger partial charge < -0.3 is 38.8 Å². The Hall–Kier alpha value is -4.06. The molecule has 0 saturated carbocycles. The van der Waals surface area contributed by atoms with Crippen LogP contribution in [-0.2, 0) is 11.3 Å². The average molecular weight is 609 g/mol. The van der Waals surface area contributed by atoms with Gasteiger partial charge in [0.15, 0.2) is 23.0 Å². The molecule has 0 spiro atoms. The first-order chi connectivity index (χ1) is 21.4. The van der Waals surface area contributed by atoms with Gasteiger partial charge in [0.1, 0.15) is 5.82 Å². The number of hydrogen-bond acceptors (Lipinski definition) is 9. The summed E-state index contributed by atoms with van der Waals surface area (Å²) in [5.74, 6) is -0.405. The van der Waals surface area contributed by atoms with Crippen LogP contribution in [0.4, 0.5) is 4.39 Å².